The zero-order valence-corrected chi connectivity index (χ0v) is 11.6. The van der Waals surface area contributed by atoms with Crippen molar-refractivity contribution in [3.63, 3.8) is 0 Å². The molecule has 4 nitrogen and oxygen atoms in total. The van der Waals surface area contributed by atoms with Gasteiger partial charge in [-0.25, -0.2) is 0 Å². The van der Waals surface area contributed by atoms with Gasteiger partial charge in [0.25, 0.3) is 0 Å². The summed E-state index contributed by atoms with van der Waals surface area (Å²) in [6.45, 7) is 6.39. The summed E-state index contributed by atoms with van der Waals surface area (Å²) >= 11 is 0. The summed E-state index contributed by atoms with van der Waals surface area (Å²) in [7, 11) is 1.59. The molecule has 2 unspecified atom stereocenters. The summed E-state index contributed by atoms with van der Waals surface area (Å²) in [6, 6.07) is 0.222. The number of unbranched alkanes of at least 4 members (excludes halogenated alkanes) is 2. The molecule has 0 rings (SSSR count). The quantitative estimate of drug-likeness (QED) is 0.580. The van der Waals surface area contributed by atoms with Crippen LogP contribution in [-0.4, -0.2) is 36.4 Å². The van der Waals surface area contributed by atoms with Crippen LogP contribution in [0.25, 0.3) is 0 Å². The molecule has 17 heavy (non-hydrogen) atoms. The van der Waals surface area contributed by atoms with Crippen LogP contribution in [0.3, 0.4) is 0 Å². The average molecular weight is 245 g/mol. The van der Waals surface area contributed by atoms with E-state index in [-0.39, 0.29) is 6.04 Å². The van der Waals surface area contributed by atoms with Gasteiger partial charge >= 0.3 is 5.97 Å². The molecule has 0 aromatic heterocycles. The smallest absolute Gasteiger partial charge is 0.323 e. The number of carboxylic acids is 1. The highest BCUT2D eigenvalue weighted by molar-refractivity contribution is 5.78. The monoisotopic (exact) mass is 245 g/mol. The third kappa shape index (κ3) is 6.64. The number of nitrogens with one attached hydrogen (secondary N) is 1. The molecule has 0 aliphatic carbocycles. The minimum Gasteiger partial charge on any atom is -0.480 e. The van der Waals surface area contributed by atoms with Gasteiger partial charge in [-0.2, -0.15) is 0 Å². The first-order chi connectivity index (χ1) is 7.96. The Hall–Kier alpha value is -0.610. The molecule has 0 saturated carbocycles. The van der Waals surface area contributed by atoms with Gasteiger partial charge in [-0.05, 0) is 26.7 Å². The van der Waals surface area contributed by atoms with E-state index in [2.05, 4.69) is 12.2 Å². The summed E-state index contributed by atoms with van der Waals surface area (Å²) < 4.78 is 4.96. The van der Waals surface area contributed by atoms with E-state index in [1.54, 1.807) is 14.0 Å². The first-order valence-corrected chi connectivity index (χ1v) is 6.46. The third-order valence-electron chi connectivity index (χ3n) is 3.08. The summed E-state index contributed by atoms with van der Waals surface area (Å²) in [4.78, 5) is 11.3. The maximum absolute atomic E-state index is 11.3. The Morgan fingerprint density at radius 1 is 1.47 bits per heavy atom. The van der Waals surface area contributed by atoms with Gasteiger partial charge in [-0.3, -0.25) is 10.1 Å². The second kappa shape index (κ2) is 8.48. The molecule has 0 amide bonds. The Morgan fingerprint density at radius 3 is 2.59 bits per heavy atom. The van der Waals surface area contributed by atoms with Gasteiger partial charge in [0.2, 0.25) is 0 Å². The predicted octanol–water partition coefficient (Wildman–Crippen LogP) is 2.42. The summed E-state index contributed by atoms with van der Waals surface area (Å²) in [5.74, 6) is -0.808. The van der Waals surface area contributed by atoms with Crippen molar-refractivity contribution in [1.29, 1.82) is 0 Å². The normalized spacial score (nSPS) is 16.5. The van der Waals surface area contributed by atoms with Gasteiger partial charge in [-0.1, -0.05) is 26.2 Å². The number of ether oxygens (including phenoxy) is 1. The number of aliphatic carboxylic acids is 1. The molecule has 0 saturated heterocycles. The Kier molecular flexibility index (Phi) is 8.17. The minimum absolute atomic E-state index is 0.222. The van der Waals surface area contributed by atoms with Crippen molar-refractivity contribution in [2.45, 2.75) is 64.5 Å². The van der Waals surface area contributed by atoms with Crippen molar-refractivity contribution >= 4 is 5.97 Å². The van der Waals surface area contributed by atoms with Crippen LogP contribution >= 0.6 is 0 Å². The lowest BCUT2D eigenvalue weighted by Gasteiger charge is -2.30. The molecule has 4 heteroatoms. The summed E-state index contributed by atoms with van der Waals surface area (Å²) in [5.41, 5.74) is -0.887. The lowest BCUT2D eigenvalue weighted by Crippen LogP contribution is -2.53. The average Bonchev–Trinajstić information content (AvgIpc) is 2.26. The standard InChI is InChI=1S/C13H27NO3/c1-5-6-7-8-11(2)14-13(3,12(15)16)9-10-17-4/h11,14H,5-10H2,1-4H3,(H,15,16). The third-order valence-corrected chi connectivity index (χ3v) is 3.08. The molecule has 0 aromatic rings. The van der Waals surface area contributed by atoms with Crippen molar-refractivity contribution < 1.29 is 14.6 Å². The van der Waals surface area contributed by atoms with Crippen molar-refractivity contribution in [2.24, 2.45) is 0 Å². The Bertz CT molecular complexity index is 221. The van der Waals surface area contributed by atoms with Gasteiger partial charge in [0.05, 0.1) is 0 Å². The van der Waals surface area contributed by atoms with Gasteiger partial charge in [0.15, 0.2) is 0 Å². The highest BCUT2D eigenvalue weighted by atomic mass is 16.5. The number of hydrogen-bond acceptors (Lipinski definition) is 3. The zero-order valence-electron chi connectivity index (χ0n) is 11.6. The van der Waals surface area contributed by atoms with Crippen LogP contribution in [0.4, 0.5) is 0 Å². The largest absolute Gasteiger partial charge is 0.480 e. The second-order valence-corrected chi connectivity index (χ2v) is 4.92. The van der Waals surface area contributed by atoms with Crippen molar-refractivity contribution in [1.82, 2.24) is 5.32 Å². The number of carboxylic acid groups (broad SMARTS) is 1. The van der Waals surface area contributed by atoms with E-state index in [0.717, 1.165) is 12.8 Å². The number of rotatable bonds is 10. The van der Waals surface area contributed by atoms with Gasteiger partial charge in [-0.15, -0.1) is 0 Å². The van der Waals surface area contributed by atoms with Gasteiger partial charge in [0, 0.05) is 19.8 Å². The molecule has 0 heterocycles. The number of methoxy groups -OCH3 is 1. The van der Waals surface area contributed by atoms with Crippen LogP contribution in [0, 0.1) is 0 Å². The highest BCUT2D eigenvalue weighted by Crippen LogP contribution is 2.14. The van der Waals surface area contributed by atoms with E-state index in [4.69, 9.17) is 4.74 Å². The van der Waals surface area contributed by atoms with Crippen molar-refractivity contribution in [2.75, 3.05) is 13.7 Å². The van der Waals surface area contributed by atoms with E-state index in [1.165, 1.54) is 12.8 Å². The molecular weight excluding hydrogens is 218 g/mol. The van der Waals surface area contributed by atoms with Crippen LogP contribution in [0.5, 0.6) is 0 Å². The van der Waals surface area contributed by atoms with Gasteiger partial charge < -0.3 is 9.84 Å². The molecule has 0 fully saturated rings. The van der Waals surface area contributed by atoms with E-state index in [0.29, 0.717) is 13.0 Å². The lowest BCUT2D eigenvalue weighted by atomic mass is 9.96. The summed E-state index contributed by atoms with van der Waals surface area (Å²) in [5, 5.41) is 12.5. The van der Waals surface area contributed by atoms with Crippen LogP contribution in [0.15, 0.2) is 0 Å². The fourth-order valence-electron chi connectivity index (χ4n) is 1.86. The lowest BCUT2D eigenvalue weighted by molar-refractivity contribution is -0.145. The molecule has 2 atom stereocenters. The SMILES string of the molecule is CCCCCC(C)NC(C)(CCOC)C(=O)O. The topological polar surface area (TPSA) is 58.6 Å². The molecule has 0 bridgehead atoms. The molecule has 0 radical (unpaired) electrons. The van der Waals surface area contributed by atoms with Crippen molar-refractivity contribution in [3.8, 4) is 0 Å². The first kappa shape index (κ1) is 16.4. The zero-order chi connectivity index (χ0) is 13.3. The second-order valence-electron chi connectivity index (χ2n) is 4.92. The number of carbonyl (C=O) groups is 1. The van der Waals surface area contributed by atoms with Crippen LogP contribution in [-0.2, 0) is 9.53 Å². The van der Waals surface area contributed by atoms with Crippen LogP contribution in [0.1, 0.15) is 52.9 Å². The molecule has 0 aromatic carbocycles. The fourth-order valence-corrected chi connectivity index (χ4v) is 1.86. The predicted molar refractivity (Wildman–Crippen MR) is 69.3 cm³/mol. The minimum atomic E-state index is -0.887. The Morgan fingerprint density at radius 2 is 2.12 bits per heavy atom. The molecule has 0 aliphatic heterocycles. The Balaban J connectivity index is 4.18. The molecule has 2 N–H and O–H groups in total. The van der Waals surface area contributed by atoms with Crippen LogP contribution < -0.4 is 5.32 Å². The van der Waals surface area contributed by atoms with E-state index >= 15 is 0 Å². The molecular formula is C13H27NO3. The fraction of sp³-hybridized carbons (Fsp3) is 0.923. The molecule has 0 spiro atoms. The molecule has 0 aliphatic rings. The number of hydrogen-bond donors (Lipinski definition) is 2. The maximum Gasteiger partial charge on any atom is 0.323 e. The van der Waals surface area contributed by atoms with Crippen molar-refractivity contribution in [3.05, 3.63) is 0 Å². The maximum atomic E-state index is 11.3. The van der Waals surface area contributed by atoms with E-state index in [1.807, 2.05) is 6.92 Å². The summed E-state index contributed by atoms with van der Waals surface area (Å²) in [6.07, 6.45) is 5.03. The van der Waals surface area contributed by atoms with E-state index < -0.39 is 11.5 Å². The van der Waals surface area contributed by atoms with Crippen LogP contribution in [0.2, 0.25) is 0 Å². The highest BCUT2D eigenvalue weighted by Gasteiger charge is 2.33. The van der Waals surface area contributed by atoms with E-state index in [9.17, 15) is 9.90 Å². The molecule has 102 valence electrons. The Labute approximate surface area is 105 Å². The van der Waals surface area contributed by atoms with Gasteiger partial charge in [0.1, 0.15) is 5.54 Å². The first-order valence-electron chi connectivity index (χ1n) is 6.46.